The molecule has 0 spiro atoms. The van der Waals surface area contributed by atoms with Crippen molar-refractivity contribution in [3.8, 4) is 0 Å². The van der Waals surface area contributed by atoms with Crippen LogP contribution in [0.5, 0.6) is 0 Å². The van der Waals surface area contributed by atoms with Crippen molar-refractivity contribution in [3.05, 3.63) is 35.9 Å². The molecule has 0 amide bonds. The van der Waals surface area contributed by atoms with Gasteiger partial charge in [-0.3, -0.25) is 0 Å². The van der Waals surface area contributed by atoms with Gasteiger partial charge in [0.25, 0.3) is 0 Å². The lowest BCUT2D eigenvalue weighted by Gasteiger charge is -2.33. The Morgan fingerprint density at radius 1 is 1.25 bits per heavy atom. The zero-order chi connectivity index (χ0) is 11.4. The van der Waals surface area contributed by atoms with Gasteiger partial charge in [0.1, 0.15) is 0 Å². The molecule has 1 nitrogen and oxygen atoms in total. The first-order valence-corrected chi connectivity index (χ1v) is 6.53. The molecule has 1 aliphatic rings. The predicted octanol–water partition coefficient (Wildman–Crippen LogP) is 3.25. The Hall–Kier alpha value is -0.820. The minimum atomic E-state index is 0.725. The fourth-order valence-electron chi connectivity index (χ4n) is 2.67. The second-order valence-electron chi connectivity index (χ2n) is 5.38. The van der Waals surface area contributed by atoms with E-state index in [1.54, 1.807) is 0 Å². The number of nitrogens with one attached hydrogen (secondary N) is 1. The van der Waals surface area contributed by atoms with Crippen molar-refractivity contribution < 1.29 is 0 Å². The maximum atomic E-state index is 3.63. The fourth-order valence-corrected chi connectivity index (χ4v) is 2.67. The Balaban J connectivity index is 1.90. The average molecular weight is 217 g/mol. The third kappa shape index (κ3) is 3.08. The van der Waals surface area contributed by atoms with Crippen molar-refractivity contribution in [1.82, 2.24) is 5.32 Å². The predicted molar refractivity (Wildman–Crippen MR) is 69.5 cm³/mol. The van der Waals surface area contributed by atoms with E-state index in [2.05, 4.69) is 49.5 Å². The van der Waals surface area contributed by atoms with Gasteiger partial charge in [-0.25, -0.2) is 0 Å². The molecule has 1 aromatic carbocycles. The van der Waals surface area contributed by atoms with Crippen LogP contribution >= 0.6 is 0 Å². The quantitative estimate of drug-likeness (QED) is 0.819. The summed E-state index contributed by atoms with van der Waals surface area (Å²) in [7, 11) is 0. The number of benzene rings is 1. The molecule has 88 valence electrons. The summed E-state index contributed by atoms with van der Waals surface area (Å²) in [4.78, 5) is 0. The van der Waals surface area contributed by atoms with Gasteiger partial charge in [-0.2, -0.15) is 0 Å². The first-order valence-electron chi connectivity index (χ1n) is 6.53. The van der Waals surface area contributed by atoms with Crippen molar-refractivity contribution in [3.63, 3.8) is 0 Å². The summed E-state index contributed by atoms with van der Waals surface area (Å²) in [6, 6.07) is 11.6. The fraction of sp³-hybridized carbons (Fsp3) is 0.600. The molecule has 1 fully saturated rings. The SMILES string of the molecule is CC(C)[C@H]1C[C@@H](Cc2ccccc2)CCN1. The van der Waals surface area contributed by atoms with Gasteiger partial charge >= 0.3 is 0 Å². The first-order chi connectivity index (χ1) is 7.75. The molecule has 1 aliphatic heterocycles. The largest absolute Gasteiger partial charge is 0.314 e. The summed E-state index contributed by atoms with van der Waals surface area (Å²) < 4.78 is 0. The molecule has 2 atom stereocenters. The van der Waals surface area contributed by atoms with Crippen LogP contribution in [-0.2, 0) is 6.42 Å². The molecule has 0 unspecified atom stereocenters. The Labute approximate surface area is 99.3 Å². The van der Waals surface area contributed by atoms with Gasteiger partial charge in [0.2, 0.25) is 0 Å². The summed E-state index contributed by atoms with van der Waals surface area (Å²) in [6.07, 6.45) is 3.93. The summed E-state index contributed by atoms with van der Waals surface area (Å²) in [5.74, 6) is 1.63. The molecule has 0 aromatic heterocycles. The van der Waals surface area contributed by atoms with Gasteiger partial charge in [0.05, 0.1) is 0 Å². The first kappa shape index (κ1) is 11.7. The molecule has 1 N–H and O–H groups in total. The van der Waals surface area contributed by atoms with Crippen molar-refractivity contribution in [2.45, 2.75) is 39.2 Å². The number of hydrogen-bond donors (Lipinski definition) is 1. The Morgan fingerprint density at radius 3 is 2.69 bits per heavy atom. The molecule has 0 aliphatic carbocycles. The summed E-state index contributed by atoms with van der Waals surface area (Å²) in [5, 5.41) is 3.63. The van der Waals surface area contributed by atoms with Crippen LogP contribution in [0.3, 0.4) is 0 Å². The van der Waals surface area contributed by atoms with Gasteiger partial charge in [0, 0.05) is 6.04 Å². The van der Waals surface area contributed by atoms with E-state index in [4.69, 9.17) is 0 Å². The lowest BCUT2D eigenvalue weighted by atomic mass is 9.83. The van der Waals surface area contributed by atoms with Gasteiger partial charge in [-0.1, -0.05) is 44.2 Å². The van der Waals surface area contributed by atoms with Crippen LogP contribution in [0.15, 0.2) is 30.3 Å². The van der Waals surface area contributed by atoms with E-state index in [0.29, 0.717) is 0 Å². The molecule has 1 saturated heterocycles. The minimum absolute atomic E-state index is 0.725. The van der Waals surface area contributed by atoms with E-state index >= 15 is 0 Å². The van der Waals surface area contributed by atoms with E-state index < -0.39 is 0 Å². The van der Waals surface area contributed by atoms with E-state index in [1.165, 1.54) is 31.4 Å². The molecule has 1 aromatic rings. The van der Waals surface area contributed by atoms with Gasteiger partial charge in [-0.15, -0.1) is 0 Å². The van der Waals surface area contributed by atoms with Crippen molar-refractivity contribution >= 4 is 0 Å². The summed E-state index contributed by atoms with van der Waals surface area (Å²) in [6.45, 7) is 5.84. The number of rotatable bonds is 3. The topological polar surface area (TPSA) is 12.0 Å². The van der Waals surface area contributed by atoms with Crippen molar-refractivity contribution in [1.29, 1.82) is 0 Å². The van der Waals surface area contributed by atoms with Crippen LogP contribution in [0.1, 0.15) is 32.3 Å². The van der Waals surface area contributed by atoms with Crippen LogP contribution in [0, 0.1) is 11.8 Å². The second kappa shape index (κ2) is 5.49. The maximum Gasteiger partial charge on any atom is 0.00928 e. The van der Waals surface area contributed by atoms with E-state index in [0.717, 1.165) is 17.9 Å². The monoisotopic (exact) mass is 217 g/mol. The highest BCUT2D eigenvalue weighted by Gasteiger charge is 2.23. The zero-order valence-corrected chi connectivity index (χ0v) is 10.4. The molecule has 0 bridgehead atoms. The van der Waals surface area contributed by atoms with Crippen LogP contribution in [0.4, 0.5) is 0 Å². The minimum Gasteiger partial charge on any atom is -0.314 e. The third-order valence-corrected chi connectivity index (χ3v) is 3.72. The molecular weight excluding hydrogens is 194 g/mol. The highest BCUT2D eigenvalue weighted by molar-refractivity contribution is 5.15. The van der Waals surface area contributed by atoms with Crippen molar-refractivity contribution in [2.24, 2.45) is 11.8 Å². The van der Waals surface area contributed by atoms with Crippen LogP contribution < -0.4 is 5.32 Å². The third-order valence-electron chi connectivity index (χ3n) is 3.72. The van der Waals surface area contributed by atoms with E-state index in [-0.39, 0.29) is 0 Å². The summed E-state index contributed by atoms with van der Waals surface area (Å²) in [5.41, 5.74) is 1.50. The molecule has 0 saturated carbocycles. The Kier molecular flexibility index (Phi) is 4.00. The van der Waals surface area contributed by atoms with E-state index in [1.807, 2.05) is 0 Å². The van der Waals surface area contributed by atoms with Gasteiger partial charge in [-0.05, 0) is 43.2 Å². The second-order valence-corrected chi connectivity index (χ2v) is 5.38. The molecule has 0 radical (unpaired) electrons. The van der Waals surface area contributed by atoms with E-state index in [9.17, 15) is 0 Å². The number of hydrogen-bond acceptors (Lipinski definition) is 1. The van der Waals surface area contributed by atoms with Crippen molar-refractivity contribution in [2.75, 3.05) is 6.54 Å². The van der Waals surface area contributed by atoms with Crippen LogP contribution in [0.2, 0.25) is 0 Å². The highest BCUT2D eigenvalue weighted by Crippen LogP contribution is 2.24. The zero-order valence-electron chi connectivity index (χ0n) is 10.4. The van der Waals surface area contributed by atoms with Gasteiger partial charge < -0.3 is 5.32 Å². The smallest absolute Gasteiger partial charge is 0.00928 e. The normalized spacial score (nSPS) is 25.9. The average Bonchev–Trinajstić information content (AvgIpc) is 2.30. The van der Waals surface area contributed by atoms with Crippen LogP contribution in [0.25, 0.3) is 0 Å². The molecule has 1 heterocycles. The number of piperidine rings is 1. The maximum absolute atomic E-state index is 3.63. The molecule has 1 heteroatoms. The lowest BCUT2D eigenvalue weighted by Crippen LogP contribution is -2.41. The summed E-state index contributed by atoms with van der Waals surface area (Å²) >= 11 is 0. The van der Waals surface area contributed by atoms with Gasteiger partial charge in [0.15, 0.2) is 0 Å². The molecular formula is C15H23N. The Bertz CT molecular complexity index is 304. The Morgan fingerprint density at radius 2 is 2.00 bits per heavy atom. The van der Waals surface area contributed by atoms with Crippen LogP contribution in [-0.4, -0.2) is 12.6 Å². The standard InChI is InChI=1S/C15H23N/c1-12(2)15-11-14(8-9-16-15)10-13-6-4-3-5-7-13/h3-7,12,14-16H,8-11H2,1-2H3/t14-,15-/m1/s1. The lowest BCUT2D eigenvalue weighted by molar-refractivity contribution is 0.254. The molecule has 16 heavy (non-hydrogen) atoms. The highest BCUT2D eigenvalue weighted by atomic mass is 14.9. The molecule has 2 rings (SSSR count).